The summed E-state index contributed by atoms with van der Waals surface area (Å²) in [6.07, 6.45) is 0.531. The van der Waals surface area contributed by atoms with E-state index in [0.29, 0.717) is 25.3 Å². The van der Waals surface area contributed by atoms with E-state index in [0.717, 1.165) is 0 Å². The van der Waals surface area contributed by atoms with Crippen LogP contribution in [0.15, 0.2) is 18.2 Å². The van der Waals surface area contributed by atoms with Gasteiger partial charge in [0.05, 0.1) is 25.2 Å². The molecule has 1 amide bonds. The number of halogens is 1. The first kappa shape index (κ1) is 16.2. The van der Waals surface area contributed by atoms with E-state index in [-0.39, 0.29) is 24.5 Å². The maximum absolute atomic E-state index is 13.7. The van der Waals surface area contributed by atoms with E-state index in [4.69, 9.17) is 9.84 Å². The predicted molar refractivity (Wildman–Crippen MR) is 74.7 cm³/mol. The van der Waals surface area contributed by atoms with Crippen LogP contribution >= 0.6 is 0 Å². The lowest BCUT2D eigenvalue weighted by Gasteiger charge is -2.06. The van der Waals surface area contributed by atoms with Gasteiger partial charge in [-0.1, -0.05) is 11.8 Å². The molecular weight excluding hydrogens is 261 g/mol. The van der Waals surface area contributed by atoms with Crippen molar-refractivity contribution >= 4 is 11.6 Å². The number of aliphatic hydroxyl groups is 1. The fourth-order valence-corrected chi connectivity index (χ4v) is 1.44. The summed E-state index contributed by atoms with van der Waals surface area (Å²) in [4.78, 5) is 11.5. The maximum Gasteiger partial charge on any atom is 0.226 e. The summed E-state index contributed by atoms with van der Waals surface area (Å²) < 4.78 is 18.8. The summed E-state index contributed by atoms with van der Waals surface area (Å²) in [6.45, 7) is 2.70. The standard InChI is InChI=1S/C15H18FNO3/c1-2-20-10-8-15(19)17-13-7-6-12(14(16)11-13)5-3-4-9-18/h6-7,11,18H,2,4,8-10H2,1H3,(H,17,19). The zero-order valence-electron chi connectivity index (χ0n) is 11.4. The number of rotatable bonds is 6. The minimum absolute atomic E-state index is 0.0530. The number of benzene rings is 1. The largest absolute Gasteiger partial charge is 0.395 e. The molecule has 0 saturated heterocycles. The summed E-state index contributed by atoms with van der Waals surface area (Å²) in [7, 11) is 0. The zero-order chi connectivity index (χ0) is 14.8. The van der Waals surface area contributed by atoms with Crippen LogP contribution in [0.5, 0.6) is 0 Å². The molecule has 4 nitrogen and oxygen atoms in total. The lowest BCUT2D eigenvalue weighted by molar-refractivity contribution is -0.117. The van der Waals surface area contributed by atoms with Gasteiger partial charge < -0.3 is 15.2 Å². The van der Waals surface area contributed by atoms with Gasteiger partial charge in [-0.2, -0.15) is 0 Å². The molecule has 0 heterocycles. The van der Waals surface area contributed by atoms with Gasteiger partial charge in [0.25, 0.3) is 0 Å². The molecule has 0 aromatic heterocycles. The molecule has 5 heteroatoms. The monoisotopic (exact) mass is 279 g/mol. The molecular formula is C15H18FNO3. The number of carbonyl (C=O) groups is 1. The number of aliphatic hydroxyl groups excluding tert-OH is 1. The number of hydrogen-bond donors (Lipinski definition) is 2. The van der Waals surface area contributed by atoms with E-state index < -0.39 is 5.82 Å². The van der Waals surface area contributed by atoms with Crippen LogP contribution in [0.3, 0.4) is 0 Å². The highest BCUT2D eigenvalue weighted by Gasteiger charge is 2.05. The highest BCUT2D eigenvalue weighted by molar-refractivity contribution is 5.90. The van der Waals surface area contributed by atoms with Gasteiger partial charge >= 0.3 is 0 Å². The van der Waals surface area contributed by atoms with Crippen LogP contribution < -0.4 is 5.32 Å². The highest BCUT2D eigenvalue weighted by Crippen LogP contribution is 2.14. The molecule has 0 spiro atoms. The molecule has 1 aromatic rings. The number of hydrogen-bond acceptors (Lipinski definition) is 3. The van der Waals surface area contributed by atoms with Crippen molar-refractivity contribution in [3.63, 3.8) is 0 Å². The Balaban J connectivity index is 2.59. The molecule has 0 fully saturated rings. The Kier molecular flexibility index (Phi) is 7.33. The lowest BCUT2D eigenvalue weighted by Crippen LogP contribution is -2.14. The number of nitrogens with one attached hydrogen (secondary N) is 1. The fourth-order valence-electron chi connectivity index (χ4n) is 1.44. The fraction of sp³-hybridized carbons (Fsp3) is 0.400. The lowest BCUT2D eigenvalue weighted by atomic mass is 10.2. The van der Waals surface area contributed by atoms with Crippen LogP contribution in [0.2, 0.25) is 0 Å². The first-order valence-corrected chi connectivity index (χ1v) is 6.44. The van der Waals surface area contributed by atoms with Crippen LogP contribution in [-0.2, 0) is 9.53 Å². The molecule has 0 atom stereocenters. The van der Waals surface area contributed by atoms with Gasteiger partial charge in [0.1, 0.15) is 5.82 Å². The number of carbonyl (C=O) groups excluding carboxylic acids is 1. The Bertz CT molecular complexity index is 506. The van der Waals surface area contributed by atoms with Crippen molar-refractivity contribution in [3.05, 3.63) is 29.6 Å². The van der Waals surface area contributed by atoms with Crippen molar-refractivity contribution in [1.82, 2.24) is 0 Å². The summed E-state index contributed by atoms with van der Waals surface area (Å²) in [5, 5.41) is 11.2. The Morgan fingerprint density at radius 3 is 2.95 bits per heavy atom. The first-order chi connectivity index (χ1) is 9.67. The third-order valence-electron chi connectivity index (χ3n) is 2.39. The van der Waals surface area contributed by atoms with Crippen molar-refractivity contribution < 1.29 is 19.0 Å². The Hall–Kier alpha value is -1.90. The Labute approximate surface area is 117 Å². The molecule has 108 valence electrons. The summed E-state index contributed by atoms with van der Waals surface area (Å²) in [5.41, 5.74) is 0.627. The van der Waals surface area contributed by atoms with Crippen LogP contribution in [0, 0.1) is 17.7 Å². The van der Waals surface area contributed by atoms with E-state index in [9.17, 15) is 9.18 Å². The van der Waals surface area contributed by atoms with Crippen molar-refractivity contribution in [1.29, 1.82) is 0 Å². The molecule has 0 bridgehead atoms. The third kappa shape index (κ3) is 5.83. The van der Waals surface area contributed by atoms with Crippen LogP contribution in [-0.4, -0.2) is 30.8 Å². The van der Waals surface area contributed by atoms with E-state index in [1.165, 1.54) is 12.1 Å². The topological polar surface area (TPSA) is 58.6 Å². The summed E-state index contributed by atoms with van der Waals surface area (Å²) in [6, 6.07) is 4.31. The van der Waals surface area contributed by atoms with E-state index in [1.807, 2.05) is 6.92 Å². The van der Waals surface area contributed by atoms with Gasteiger partial charge in [-0.25, -0.2) is 4.39 Å². The number of amides is 1. The van der Waals surface area contributed by atoms with Crippen molar-refractivity contribution in [2.75, 3.05) is 25.1 Å². The number of anilines is 1. The molecule has 0 aliphatic heterocycles. The average Bonchev–Trinajstić information content (AvgIpc) is 2.42. The third-order valence-corrected chi connectivity index (χ3v) is 2.39. The molecule has 1 aromatic carbocycles. The van der Waals surface area contributed by atoms with Crippen molar-refractivity contribution in [3.8, 4) is 11.8 Å². The summed E-state index contributed by atoms with van der Waals surface area (Å²) in [5.74, 6) is 4.53. The van der Waals surface area contributed by atoms with Crippen LogP contribution in [0.4, 0.5) is 10.1 Å². The van der Waals surface area contributed by atoms with Crippen LogP contribution in [0.25, 0.3) is 0 Å². The Morgan fingerprint density at radius 1 is 1.50 bits per heavy atom. The quantitative estimate of drug-likeness (QED) is 0.618. The second kappa shape index (κ2) is 9.08. The van der Waals surface area contributed by atoms with Crippen LogP contribution in [0.1, 0.15) is 25.3 Å². The minimum Gasteiger partial charge on any atom is -0.395 e. The van der Waals surface area contributed by atoms with Gasteiger partial charge in [0.15, 0.2) is 0 Å². The number of ether oxygens (including phenoxy) is 1. The maximum atomic E-state index is 13.7. The SMILES string of the molecule is CCOCCC(=O)Nc1ccc(C#CCCO)c(F)c1. The highest BCUT2D eigenvalue weighted by atomic mass is 19.1. The minimum atomic E-state index is -0.502. The van der Waals surface area contributed by atoms with Gasteiger partial charge in [-0.05, 0) is 25.1 Å². The summed E-state index contributed by atoms with van der Waals surface area (Å²) >= 11 is 0. The van der Waals surface area contributed by atoms with E-state index in [1.54, 1.807) is 6.07 Å². The van der Waals surface area contributed by atoms with Gasteiger partial charge in [-0.15, -0.1) is 0 Å². The first-order valence-electron chi connectivity index (χ1n) is 6.44. The van der Waals surface area contributed by atoms with Crippen molar-refractivity contribution in [2.45, 2.75) is 19.8 Å². The molecule has 1 rings (SSSR count). The normalized spacial score (nSPS) is 9.75. The van der Waals surface area contributed by atoms with Gasteiger partial charge in [-0.3, -0.25) is 4.79 Å². The molecule has 0 aliphatic rings. The molecule has 2 N–H and O–H groups in total. The molecule has 0 radical (unpaired) electrons. The molecule has 0 unspecified atom stereocenters. The smallest absolute Gasteiger partial charge is 0.226 e. The second-order valence-electron chi connectivity index (χ2n) is 3.97. The predicted octanol–water partition coefficient (Wildman–Crippen LogP) is 1.92. The van der Waals surface area contributed by atoms with Gasteiger partial charge in [0, 0.05) is 18.7 Å². The van der Waals surface area contributed by atoms with E-state index >= 15 is 0 Å². The average molecular weight is 279 g/mol. The van der Waals surface area contributed by atoms with Gasteiger partial charge in [0.2, 0.25) is 5.91 Å². The Morgan fingerprint density at radius 2 is 2.30 bits per heavy atom. The van der Waals surface area contributed by atoms with Crippen molar-refractivity contribution in [2.24, 2.45) is 0 Å². The zero-order valence-corrected chi connectivity index (χ0v) is 11.4. The molecule has 20 heavy (non-hydrogen) atoms. The molecule has 0 aliphatic carbocycles. The van der Waals surface area contributed by atoms with E-state index in [2.05, 4.69) is 17.2 Å². The second-order valence-corrected chi connectivity index (χ2v) is 3.97. The molecule has 0 saturated carbocycles.